The molecule has 4 N–H and O–H groups in total. The minimum Gasteiger partial charge on any atom is -0.469 e. The van der Waals surface area contributed by atoms with E-state index >= 15 is 0 Å². The van der Waals surface area contributed by atoms with Gasteiger partial charge in [0.1, 0.15) is 12.2 Å². The fourth-order valence-electron chi connectivity index (χ4n) is 6.74. The van der Waals surface area contributed by atoms with Crippen molar-refractivity contribution in [2.75, 3.05) is 28.4 Å². The molecule has 278 valence electrons. The number of aromatic amines is 2. The highest BCUT2D eigenvalue weighted by molar-refractivity contribution is 5.86. The highest BCUT2D eigenvalue weighted by Gasteiger charge is 2.42. The predicted molar refractivity (Wildman–Crippen MR) is 189 cm³/mol. The van der Waals surface area contributed by atoms with Gasteiger partial charge in [-0.3, -0.25) is 29.1 Å². The van der Waals surface area contributed by atoms with Crippen LogP contribution in [0.25, 0.3) is 22.1 Å². The number of hydrogen-bond acceptors (Lipinski definition) is 12. The van der Waals surface area contributed by atoms with Gasteiger partial charge in [-0.2, -0.15) is 0 Å². The maximum atomic E-state index is 12.9. The summed E-state index contributed by atoms with van der Waals surface area (Å²) in [6.45, 7) is 7.39. The Balaban J connectivity index is 2.01. The molecular weight excluding hydrogens is 672 g/mol. The summed E-state index contributed by atoms with van der Waals surface area (Å²) in [5, 5.41) is 23.1. The molecule has 0 spiro atoms. The quantitative estimate of drug-likeness (QED) is 0.174. The Hall–Kier alpha value is -5.08. The Morgan fingerprint density at radius 3 is 1.37 bits per heavy atom. The first-order valence-electron chi connectivity index (χ1n) is 17.0. The van der Waals surface area contributed by atoms with Gasteiger partial charge in [0.05, 0.1) is 64.1 Å². The summed E-state index contributed by atoms with van der Waals surface area (Å²) in [5.74, 6) is -1.95. The highest BCUT2D eigenvalue weighted by Crippen LogP contribution is 2.44. The van der Waals surface area contributed by atoms with E-state index in [1.165, 1.54) is 28.4 Å². The Bertz CT molecular complexity index is 2080. The Morgan fingerprint density at radius 1 is 0.577 bits per heavy atom. The van der Waals surface area contributed by atoms with Crippen LogP contribution in [0.5, 0.6) is 0 Å². The van der Waals surface area contributed by atoms with Gasteiger partial charge < -0.3 is 39.1 Å². The molecule has 0 saturated heterocycles. The van der Waals surface area contributed by atoms with E-state index in [-0.39, 0.29) is 38.5 Å². The zero-order valence-electron chi connectivity index (χ0n) is 30.8. The van der Waals surface area contributed by atoms with Crippen LogP contribution < -0.4 is 0 Å². The zero-order chi connectivity index (χ0) is 38.1. The van der Waals surface area contributed by atoms with Gasteiger partial charge in [0.2, 0.25) is 0 Å². The van der Waals surface area contributed by atoms with Crippen molar-refractivity contribution in [1.82, 2.24) is 19.9 Å². The molecule has 5 heterocycles. The van der Waals surface area contributed by atoms with Crippen molar-refractivity contribution in [2.24, 2.45) is 0 Å². The average Bonchev–Trinajstić information content (AvgIpc) is 3.73. The van der Waals surface area contributed by atoms with Gasteiger partial charge in [-0.05, 0) is 59.4 Å². The number of esters is 4. The Kier molecular flexibility index (Phi) is 10.9. The fourth-order valence-corrected chi connectivity index (χ4v) is 6.74. The maximum Gasteiger partial charge on any atom is 0.310 e. The van der Waals surface area contributed by atoms with E-state index in [4.69, 9.17) is 28.9 Å². The number of aliphatic hydroxyl groups excluding tert-OH is 2. The summed E-state index contributed by atoms with van der Waals surface area (Å²) in [6.07, 6.45) is -2.05. The SMILES string of the molecule is COC(=O)CCc1c(CC(=O)OC)c2cc3nc(cc4nc(cc5[nH]c(cc1[nH]2)c(CCC(=O)OC)c5CC(=O)OC)C(C)(C)C4O)C(C)(C)C3O. The predicted octanol–water partition coefficient (Wildman–Crippen LogP) is 3.98. The number of rotatable bonds is 10. The summed E-state index contributed by atoms with van der Waals surface area (Å²) in [6, 6.07) is 6.92. The molecule has 5 rings (SSSR count). The van der Waals surface area contributed by atoms with Crippen molar-refractivity contribution in [3.8, 4) is 0 Å². The number of hydrogen-bond donors (Lipinski definition) is 4. The molecule has 3 aromatic heterocycles. The Labute approximate surface area is 300 Å². The van der Waals surface area contributed by atoms with E-state index in [9.17, 15) is 29.4 Å². The van der Waals surface area contributed by atoms with E-state index in [1.54, 1.807) is 24.3 Å². The van der Waals surface area contributed by atoms with Crippen molar-refractivity contribution in [3.63, 3.8) is 0 Å². The van der Waals surface area contributed by atoms with Crippen molar-refractivity contribution < 1.29 is 48.3 Å². The van der Waals surface area contributed by atoms with Crippen molar-refractivity contribution in [2.45, 2.75) is 89.3 Å². The number of nitrogens with zero attached hydrogens (tertiary/aromatic N) is 2. The second-order valence-electron chi connectivity index (χ2n) is 14.1. The molecule has 2 atom stereocenters. The number of aryl methyl sites for hydroxylation is 2. The van der Waals surface area contributed by atoms with Crippen molar-refractivity contribution in [1.29, 1.82) is 0 Å². The molecule has 0 amide bonds. The van der Waals surface area contributed by atoms with Gasteiger partial charge in [0, 0.05) is 45.7 Å². The lowest BCUT2D eigenvalue weighted by Gasteiger charge is -2.24. The summed E-state index contributed by atoms with van der Waals surface area (Å²) in [5.41, 5.74) is 4.26. The molecule has 14 heteroatoms. The van der Waals surface area contributed by atoms with Crippen molar-refractivity contribution in [3.05, 3.63) is 69.3 Å². The third-order valence-electron chi connectivity index (χ3n) is 10.2. The summed E-state index contributed by atoms with van der Waals surface area (Å²) < 4.78 is 20.0. The van der Waals surface area contributed by atoms with E-state index in [0.717, 1.165) is 0 Å². The molecule has 3 aromatic rings. The van der Waals surface area contributed by atoms with Gasteiger partial charge >= 0.3 is 23.9 Å². The molecule has 14 nitrogen and oxygen atoms in total. The normalized spacial score (nSPS) is 17.3. The van der Waals surface area contributed by atoms with Gasteiger partial charge in [0.15, 0.2) is 0 Å². The first-order chi connectivity index (χ1) is 24.5. The average molecular weight is 719 g/mol. The number of fused-ring (bicyclic) bond motifs is 8. The lowest BCUT2D eigenvalue weighted by molar-refractivity contribution is -0.141. The summed E-state index contributed by atoms with van der Waals surface area (Å²) in [4.78, 5) is 67.0. The number of H-pyrrole nitrogens is 2. The minimum absolute atomic E-state index is 0.000499. The molecule has 2 aliphatic heterocycles. The topological polar surface area (TPSA) is 203 Å². The first kappa shape index (κ1) is 38.2. The van der Waals surface area contributed by atoms with Crippen LogP contribution in [0.4, 0.5) is 0 Å². The van der Waals surface area contributed by atoms with Crippen LogP contribution in [-0.4, -0.2) is 82.5 Å². The second kappa shape index (κ2) is 14.9. The third-order valence-corrected chi connectivity index (χ3v) is 10.2. The monoisotopic (exact) mass is 718 g/mol. The molecule has 2 aliphatic rings. The van der Waals surface area contributed by atoms with Crippen LogP contribution >= 0.6 is 0 Å². The zero-order valence-corrected chi connectivity index (χ0v) is 30.8. The van der Waals surface area contributed by atoms with Crippen molar-refractivity contribution >= 4 is 45.9 Å². The molecule has 8 bridgehead atoms. The number of nitrogens with one attached hydrogen (secondary N) is 2. The lowest BCUT2D eigenvalue weighted by atomic mass is 9.82. The molecule has 2 unspecified atom stereocenters. The lowest BCUT2D eigenvalue weighted by Crippen LogP contribution is -2.23. The van der Waals surface area contributed by atoms with E-state index in [1.807, 2.05) is 27.7 Å². The van der Waals surface area contributed by atoms with E-state index < -0.39 is 46.9 Å². The third kappa shape index (κ3) is 7.30. The fraction of sp³-hybridized carbons (Fsp3) is 0.474. The molecule has 0 saturated carbocycles. The molecule has 0 fully saturated rings. The minimum atomic E-state index is -1.06. The molecule has 52 heavy (non-hydrogen) atoms. The molecule has 0 aliphatic carbocycles. The Morgan fingerprint density at radius 2 is 0.942 bits per heavy atom. The summed E-state index contributed by atoms with van der Waals surface area (Å²) >= 11 is 0. The number of aliphatic hydroxyl groups is 2. The number of carbonyl (C=O) groups excluding carboxylic acids is 4. The molecule has 0 radical (unpaired) electrons. The van der Waals surface area contributed by atoms with Crippen LogP contribution in [0, 0.1) is 0 Å². The molecule has 0 aromatic carbocycles. The smallest absolute Gasteiger partial charge is 0.310 e. The van der Waals surface area contributed by atoms with Gasteiger partial charge in [-0.15, -0.1) is 0 Å². The number of carbonyl (C=O) groups is 4. The first-order valence-corrected chi connectivity index (χ1v) is 17.0. The standard InChI is InChI=1S/C38H46N4O10/c1-37(2)29-17-26-22(14-34(46)52-8)20(10-12-32(44)50-6)24(40-26)15-23-19(9-11-31(43)49-5)21(13-33(45)51-7)25(39-23)16-27-35(47)38(3,4)30(41-27)18-28(42-29)36(37)48/h15-18,35-36,39-40,47-48H,9-14H2,1-8H3. The summed E-state index contributed by atoms with van der Waals surface area (Å²) in [7, 11) is 5.16. The number of ether oxygens (including phenoxy) is 4. The number of methoxy groups -OCH3 is 4. The van der Waals surface area contributed by atoms with Gasteiger partial charge in [0.25, 0.3) is 0 Å². The maximum absolute atomic E-state index is 12.9. The van der Waals surface area contributed by atoms with E-state index in [0.29, 0.717) is 67.1 Å². The molecular formula is C38H46N4O10. The van der Waals surface area contributed by atoms with Crippen LogP contribution in [0.2, 0.25) is 0 Å². The second-order valence-corrected chi connectivity index (χ2v) is 14.1. The van der Waals surface area contributed by atoms with E-state index in [2.05, 4.69) is 9.97 Å². The van der Waals surface area contributed by atoms with Crippen LogP contribution in [0.3, 0.4) is 0 Å². The largest absolute Gasteiger partial charge is 0.469 e. The van der Waals surface area contributed by atoms with Gasteiger partial charge in [-0.25, -0.2) is 0 Å². The van der Waals surface area contributed by atoms with Crippen LogP contribution in [0.1, 0.15) is 97.8 Å². The van der Waals surface area contributed by atoms with Crippen LogP contribution in [-0.2, 0) is 74.6 Å². The van der Waals surface area contributed by atoms with Gasteiger partial charge in [-0.1, -0.05) is 27.7 Å². The van der Waals surface area contributed by atoms with Crippen LogP contribution in [0.15, 0.2) is 24.3 Å². The highest BCUT2D eigenvalue weighted by atomic mass is 16.5. The number of aromatic nitrogens is 4.